The highest BCUT2D eigenvalue weighted by Gasteiger charge is 2.14. The van der Waals surface area contributed by atoms with Crippen molar-refractivity contribution in [2.45, 2.75) is 13.0 Å². The van der Waals surface area contributed by atoms with Crippen LogP contribution in [0.1, 0.15) is 17.3 Å². The van der Waals surface area contributed by atoms with Gasteiger partial charge in [-0.3, -0.25) is 4.79 Å². The van der Waals surface area contributed by atoms with Crippen LogP contribution in [0, 0.1) is 0 Å². The van der Waals surface area contributed by atoms with Crippen molar-refractivity contribution in [2.75, 3.05) is 32.7 Å². The lowest BCUT2D eigenvalue weighted by atomic mass is 10.1. The number of benzene rings is 1. The van der Waals surface area contributed by atoms with E-state index >= 15 is 0 Å². The Morgan fingerprint density at radius 2 is 2.21 bits per heavy atom. The summed E-state index contributed by atoms with van der Waals surface area (Å²) < 4.78 is 10.2. The summed E-state index contributed by atoms with van der Waals surface area (Å²) >= 11 is 0. The lowest BCUT2D eigenvalue weighted by Crippen LogP contribution is -2.40. The molecule has 1 unspecified atom stereocenters. The summed E-state index contributed by atoms with van der Waals surface area (Å²) in [5.41, 5.74) is 6.55. The molecule has 0 radical (unpaired) electrons. The van der Waals surface area contributed by atoms with Crippen LogP contribution in [-0.2, 0) is 4.74 Å². The van der Waals surface area contributed by atoms with Gasteiger partial charge in [-0.25, -0.2) is 0 Å². The van der Waals surface area contributed by atoms with Crippen LogP contribution in [0.5, 0.6) is 5.75 Å². The molecule has 4 N–H and O–H groups in total. The predicted octanol–water partition coefficient (Wildman–Crippen LogP) is 0.405. The van der Waals surface area contributed by atoms with E-state index in [9.17, 15) is 4.79 Å². The number of hydrogen-bond acceptors (Lipinski definition) is 5. The van der Waals surface area contributed by atoms with Crippen molar-refractivity contribution in [1.29, 1.82) is 0 Å². The van der Waals surface area contributed by atoms with E-state index in [1.807, 2.05) is 6.92 Å². The van der Waals surface area contributed by atoms with Crippen molar-refractivity contribution in [2.24, 2.45) is 0 Å². The Hall–Kier alpha value is -1.79. The van der Waals surface area contributed by atoms with Gasteiger partial charge >= 0.3 is 0 Å². The number of ether oxygens (including phenoxy) is 2. The van der Waals surface area contributed by atoms with Gasteiger partial charge in [0.1, 0.15) is 5.75 Å². The number of hydrogen-bond donors (Lipinski definition) is 3. The van der Waals surface area contributed by atoms with Crippen LogP contribution < -0.4 is 15.8 Å². The van der Waals surface area contributed by atoms with E-state index in [0.717, 1.165) is 0 Å². The van der Waals surface area contributed by atoms with E-state index in [0.29, 0.717) is 23.6 Å². The number of amides is 1. The van der Waals surface area contributed by atoms with Crippen LogP contribution in [0.3, 0.4) is 0 Å². The van der Waals surface area contributed by atoms with Gasteiger partial charge in [0.05, 0.1) is 25.9 Å². The third-order valence-corrected chi connectivity index (χ3v) is 2.43. The number of anilines is 1. The van der Waals surface area contributed by atoms with Crippen molar-refractivity contribution >= 4 is 11.6 Å². The number of aliphatic hydroxyl groups is 1. The molecular weight excluding hydrogens is 248 g/mol. The van der Waals surface area contributed by atoms with Gasteiger partial charge in [-0.15, -0.1) is 0 Å². The van der Waals surface area contributed by atoms with Crippen molar-refractivity contribution in [1.82, 2.24) is 5.32 Å². The summed E-state index contributed by atoms with van der Waals surface area (Å²) in [6.45, 7) is 2.39. The van der Waals surface area contributed by atoms with Gasteiger partial charge in [0.2, 0.25) is 0 Å². The fourth-order valence-corrected chi connectivity index (χ4v) is 1.61. The predicted molar refractivity (Wildman–Crippen MR) is 72.2 cm³/mol. The second-order valence-corrected chi connectivity index (χ2v) is 4.03. The Kier molecular flexibility index (Phi) is 6.11. The summed E-state index contributed by atoms with van der Waals surface area (Å²) in [5, 5.41) is 11.8. The highest BCUT2D eigenvalue weighted by atomic mass is 16.5. The van der Waals surface area contributed by atoms with Crippen molar-refractivity contribution in [3.05, 3.63) is 23.8 Å². The van der Waals surface area contributed by atoms with Crippen LogP contribution in [0.4, 0.5) is 5.69 Å². The normalized spacial score (nSPS) is 11.9. The van der Waals surface area contributed by atoms with E-state index in [1.165, 1.54) is 7.11 Å². The quantitative estimate of drug-likeness (QED) is 0.622. The molecule has 0 aliphatic heterocycles. The zero-order valence-corrected chi connectivity index (χ0v) is 11.2. The molecule has 6 heteroatoms. The van der Waals surface area contributed by atoms with Crippen molar-refractivity contribution in [3.63, 3.8) is 0 Å². The van der Waals surface area contributed by atoms with Gasteiger partial charge in [-0.1, -0.05) is 0 Å². The first-order chi connectivity index (χ1) is 9.10. The van der Waals surface area contributed by atoms with E-state index in [-0.39, 0.29) is 19.1 Å². The Balaban J connectivity index is 2.80. The first kappa shape index (κ1) is 15.3. The molecule has 1 aromatic rings. The average molecular weight is 268 g/mol. The fraction of sp³-hybridized carbons (Fsp3) is 0.462. The van der Waals surface area contributed by atoms with Gasteiger partial charge in [0.25, 0.3) is 5.91 Å². The van der Waals surface area contributed by atoms with E-state index < -0.39 is 6.04 Å². The summed E-state index contributed by atoms with van der Waals surface area (Å²) in [6.07, 6.45) is 0. The maximum absolute atomic E-state index is 12.0. The van der Waals surface area contributed by atoms with Crippen LogP contribution in [0.2, 0.25) is 0 Å². The molecule has 19 heavy (non-hydrogen) atoms. The molecule has 106 valence electrons. The molecule has 0 spiro atoms. The van der Waals surface area contributed by atoms with Gasteiger partial charge in [0, 0.05) is 24.4 Å². The SMILES string of the molecule is CCOc1cc(N)cc(C(=O)NC(CO)COC)c1. The fourth-order valence-electron chi connectivity index (χ4n) is 1.61. The molecule has 0 heterocycles. The molecule has 1 atom stereocenters. The number of nitrogens with two attached hydrogens (primary N) is 1. The van der Waals surface area contributed by atoms with Crippen LogP contribution >= 0.6 is 0 Å². The Labute approximate surface area is 112 Å². The van der Waals surface area contributed by atoms with Gasteiger partial charge in [-0.2, -0.15) is 0 Å². The molecule has 0 aromatic heterocycles. The summed E-state index contributed by atoms with van der Waals surface area (Å²) in [4.78, 5) is 12.0. The number of nitrogen functional groups attached to an aromatic ring is 1. The number of rotatable bonds is 7. The third kappa shape index (κ3) is 4.76. The number of methoxy groups -OCH3 is 1. The van der Waals surface area contributed by atoms with Crippen LogP contribution in [0.25, 0.3) is 0 Å². The maximum Gasteiger partial charge on any atom is 0.251 e. The van der Waals surface area contributed by atoms with Crippen LogP contribution in [0.15, 0.2) is 18.2 Å². The zero-order valence-electron chi connectivity index (χ0n) is 11.2. The third-order valence-electron chi connectivity index (χ3n) is 2.43. The molecule has 0 fully saturated rings. The molecular formula is C13H20N2O4. The molecule has 0 aliphatic rings. The second-order valence-electron chi connectivity index (χ2n) is 4.03. The second kappa shape index (κ2) is 7.60. The van der Waals surface area contributed by atoms with Crippen LogP contribution in [-0.4, -0.2) is 44.0 Å². The minimum Gasteiger partial charge on any atom is -0.494 e. The largest absolute Gasteiger partial charge is 0.494 e. The lowest BCUT2D eigenvalue weighted by molar-refractivity contribution is 0.0839. The first-order valence-electron chi connectivity index (χ1n) is 6.04. The highest BCUT2D eigenvalue weighted by molar-refractivity contribution is 5.95. The average Bonchev–Trinajstić information content (AvgIpc) is 2.37. The summed E-state index contributed by atoms with van der Waals surface area (Å²) in [7, 11) is 1.50. The molecule has 1 aromatic carbocycles. The smallest absolute Gasteiger partial charge is 0.251 e. The molecule has 0 bridgehead atoms. The van der Waals surface area contributed by atoms with Crippen molar-refractivity contribution < 1.29 is 19.4 Å². The number of nitrogens with one attached hydrogen (secondary N) is 1. The lowest BCUT2D eigenvalue weighted by Gasteiger charge is -2.15. The minimum atomic E-state index is -0.450. The number of carbonyl (C=O) groups is 1. The molecule has 1 rings (SSSR count). The molecule has 0 aliphatic carbocycles. The Bertz CT molecular complexity index is 423. The monoisotopic (exact) mass is 268 g/mol. The molecule has 0 saturated carbocycles. The van der Waals surface area contributed by atoms with Crippen molar-refractivity contribution in [3.8, 4) is 5.75 Å². The van der Waals surface area contributed by atoms with Gasteiger partial charge in [-0.05, 0) is 19.1 Å². The minimum absolute atomic E-state index is 0.194. The van der Waals surface area contributed by atoms with E-state index in [2.05, 4.69) is 5.32 Å². The summed E-state index contributed by atoms with van der Waals surface area (Å²) in [5.74, 6) is 0.212. The molecule has 1 amide bonds. The number of aliphatic hydroxyl groups excluding tert-OH is 1. The topological polar surface area (TPSA) is 93.8 Å². The first-order valence-corrected chi connectivity index (χ1v) is 6.04. The summed E-state index contributed by atoms with van der Waals surface area (Å²) in [6, 6.07) is 4.36. The number of carbonyl (C=O) groups excluding carboxylic acids is 1. The zero-order chi connectivity index (χ0) is 14.3. The highest BCUT2D eigenvalue weighted by Crippen LogP contribution is 2.19. The van der Waals surface area contributed by atoms with E-state index in [4.69, 9.17) is 20.3 Å². The van der Waals surface area contributed by atoms with Gasteiger partial charge in [0.15, 0.2) is 0 Å². The van der Waals surface area contributed by atoms with Gasteiger partial charge < -0.3 is 25.6 Å². The van der Waals surface area contributed by atoms with E-state index in [1.54, 1.807) is 18.2 Å². The molecule has 6 nitrogen and oxygen atoms in total. The maximum atomic E-state index is 12.0. The Morgan fingerprint density at radius 3 is 2.79 bits per heavy atom. The Morgan fingerprint density at radius 1 is 1.47 bits per heavy atom. The molecule has 0 saturated heterocycles. The standard InChI is InChI=1S/C13H20N2O4/c1-3-19-12-5-9(4-10(14)6-12)13(17)15-11(7-16)8-18-2/h4-6,11,16H,3,7-8,14H2,1-2H3,(H,15,17).